The van der Waals surface area contributed by atoms with Gasteiger partial charge in [0.15, 0.2) is 0 Å². The van der Waals surface area contributed by atoms with Crippen LogP contribution in [0.1, 0.15) is 89.7 Å². The quantitative estimate of drug-likeness (QED) is 0.0964. The molecule has 0 aliphatic carbocycles. The van der Waals surface area contributed by atoms with E-state index in [0.29, 0.717) is 6.54 Å². The molecule has 0 aliphatic heterocycles. The molecule has 5 nitrogen and oxygen atoms in total. The summed E-state index contributed by atoms with van der Waals surface area (Å²) >= 11 is 3.59. The molecule has 0 amide bonds. The lowest BCUT2D eigenvalue weighted by atomic mass is 9.94. The number of benzene rings is 3. The molecule has 204 valence electrons. The van der Waals surface area contributed by atoms with Crippen molar-refractivity contribution < 1.29 is 17.2 Å². The molecule has 0 aliphatic rings. The Hall–Kier alpha value is -1.51. The smallest absolute Gasteiger partial charge is 0.300 e. The molecule has 1 N–H and O–H groups in total. The number of unbranched alkanes of at least 4 members (excludes halogenated alkanes) is 8. The van der Waals surface area contributed by atoms with Gasteiger partial charge in [-0.3, -0.25) is 4.55 Å². The number of hydrogen-bond donors (Lipinski definition) is 1. The van der Waals surface area contributed by atoms with Crippen LogP contribution in [-0.4, -0.2) is 37.5 Å². The maximum absolute atomic E-state index is 12.0. The number of hydrogen-bond acceptors (Lipinski definition) is 4. The molecule has 37 heavy (non-hydrogen) atoms. The zero-order valence-electron chi connectivity index (χ0n) is 22.3. The van der Waals surface area contributed by atoms with E-state index in [-0.39, 0.29) is 0 Å². The van der Waals surface area contributed by atoms with E-state index >= 15 is 0 Å². The predicted molar refractivity (Wildman–Crippen MR) is 158 cm³/mol. The third-order valence-electron chi connectivity index (χ3n) is 7.02. The first kappa shape index (κ1) is 30.0. The van der Waals surface area contributed by atoms with Gasteiger partial charge >= 0.3 is 10.4 Å². The molecule has 0 spiro atoms. The van der Waals surface area contributed by atoms with Crippen molar-refractivity contribution in [2.75, 3.05) is 19.6 Å². The van der Waals surface area contributed by atoms with Crippen LogP contribution < -0.4 is 0 Å². The van der Waals surface area contributed by atoms with E-state index in [9.17, 15) is 13.0 Å². The van der Waals surface area contributed by atoms with E-state index < -0.39 is 16.5 Å². The van der Waals surface area contributed by atoms with Gasteiger partial charge in [-0.25, -0.2) is 4.18 Å². The lowest BCUT2D eigenvalue weighted by molar-refractivity contribution is 0.122. The summed E-state index contributed by atoms with van der Waals surface area (Å²) in [6.45, 7) is 6.61. The molecule has 0 bridgehead atoms. The predicted octanol–water partition coefficient (Wildman–Crippen LogP) is 8.86. The van der Waals surface area contributed by atoms with Crippen molar-refractivity contribution in [1.29, 1.82) is 0 Å². The molecule has 0 radical (unpaired) electrons. The second-order valence-electron chi connectivity index (χ2n) is 10.0. The summed E-state index contributed by atoms with van der Waals surface area (Å²) < 4.78 is 40.2. The third kappa shape index (κ3) is 9.63. The Kier molecular flexibility index (Phi) is 12.3. The highest BCUT2D eigenvalue weighted by atomic mass is 79.9. The Morgan fingerprint density at radius 3 is 2.05 bits per heavy atom. The van der Waals surface area contributed by atoms with Gasteiger partial charge in [-0.15, -0.1) is 0 Å². The van der Waals surface area contributed by atoms with Gasteiger partial charge in [-0.2, -0.15) is 8.42 Å². The molecule has 0 saturated heterocycles. The van der Waals surface area contributed by atoms with Crippen LogP contribution in [0.2, 0.25) is 0 Å². The number of nitrogens with zero attached hydrogens (tertiary/aromatic N) is 1. The van der Waals surface area contributed by atoms with Crippen molar-refractivity contribution in [1.82, 2.24) is 4.90 Å². The first-order chi connectivity index (χ1) is 17.8. The molecule has 3 aromatic rings. The van der Waals surface area contributed by atoms with Gasteiger partial charge in [-0.1, -0.05) is 111 Å². The highest BCUT2D eigenvalue weighted by Crippen LogP contribution is 2.36. The summed E-state index contributed by atoms with van der Waals surface area (Å²) in [7, 11) is -4.65. The molecule has 0 aromatic heterocycles. The Labute approximate surface area is 231 Å². The van der Waals surface area contributed by atoms with Crippen LogP contribution in [0, 0.1) is 0 Å². The molecular formula is C30H42BrNO4S. The highest BCUT2D eigenvalue weighted by molar-refractivity contribution is 9.10. The monoisotopic (exact) mass is 591 g/mol. The van der Waals surface area contributed by atoms with Crippen LogP contribution in [0.25, 0.3) is 21.5 Å². The fourth-order valence-electron chi connectivity index (χ4n) is 5.11. The highest BCUT2D eigenvalue weighted by Gasteiger charge is 2.25. The van der Waals surface area contributed by atoms with Gasteiger partial charge < -0.3 is 4.90 Å². The van der Waals surface area contributed by atoms with Crippen LogP contribution in [0.15, 0.2) is 53.0 Å². The van der Waals surface area contributed by atoms with E-state index in [2.05, 4.69) is 46.8 Å². The first-order valence-electron chi connectivity index (χ1n) is 13.8. The number of rotatable bonds is 17. The lowest BCUT2D eigenvalue weighted by Gasteiger charge is -2.28. The van der Waals surface area contributed by atoms with Crippen molar-refractivity contribution in [3.8, 4) is 0 Å². The molecule has 7 heteroatoms. The van der Waals surface area contributed by atoms with E-state index in [1.807, 2.05) is 36.4 Å². The maximum Gasteiger partial charge on any atom is 0.397 e. The third-order valence-corrected chi connectivity index (χ3v) is 7.99. The van der Waals surface area contributed by atoms with E-state index in [4.69, 9.17) is 4.18 Å². The minimum atomic E-state index is -4.65. The van der Waals surface area contributed by atoms with Gasteiger partial charge in [0.05, 0.1) is 0 Å². The van der Waals surface area contributed by atoms with Crippen LogP contribution in [0.3, 0.4) is 0 Å². The Morgan fingerprint density at radius 1 is 0.811 bits per heavy atom. The summed E-state index contributed by atoms with van der Waals surface area (Å²) in [6, 6.07) is 16.1. The molecule has 0 fully saturated rings. The SMILES string of the molecule is CCCCCCCN(CCCCCCC)CC(OS(=O)(=O)O)c1cc2ccccc2c2cc(Br)ccc12. The fraction of sp³-hybridized carbons (Fsp3) is 0.533. The van der Waals surface area contributed by atoms with Crippen LogP contribution in [0.4, 0.5) is 0 Å². The molecule has 1 unspecified atom stereocenters. The summed E-state index contributed by atoms with van der Waals surface area (Å²) in [5.74, 6) is 0. The van der Waals surface area contributed by atoms with Gasteiger partial charge in [0, 0.05) is 11.0 Å². The van der Waals surface area contributed by atoms with Crippen LogP contribution >= 0.6 is 15.9 Å². The van der Waals surface area contributed by atoms with E-state index in [0.717, 1.165) is 70.4 Å². The standard InChI is InChI=1S/C30H42BrNO4S/c1-3-5-7-9-13-19-32(20-14-10-8-6-4-2)23-30(36-37(33,34)35)29-21-24-15-11-12-16-26(24)28-22-25(31)17-18-27(28)29/h11-12,15-18,21-22,30H,3-10,13-14,19-20,23H2,1-2H3,(H,33,34,35). The molecule has 3 rings (SSSR count). The van der Waals surface area contributed by atoms with Crippen LogP contribution in [0.5, 0.6) is 0 Å². The van der Waals surface area contributed by atoms with Gasteiger partial charge in [-0.05, 0) is 71.2 Å². The number of fused-ring (bicyclic) bond motifs is 3. The van der Waals surface area contributed by atoms with E-state index in [1.54, 1.807) is 0 Å². The summed E-state index contributed by atoms with van der Waals surface area (Å²) in [4.78, 5) is 2.33. The summed E-state index contributed by atoms with van der Waals surface area (Å²) in [6.07, 6.45) is 11.0. The maximum atomic E-state index is 12.0. The van der Waals surface area contributed by atoms with Gasteiger partial charge in [0.2, 0.25) is 0 Å². The normalized spacial score (nSPS) is 13.1. The average molecular weight is 593 g/mol. The summed E-state index contributed by atoms with van der Waals surface area (Å²) in [5, 5.41) is 4.06. The molecular weight excluding hydrogens is 550 g/mol. The van der Waals surface area contributed by atoms with Crippen molar-refractivity contribution >= 4 is 47.9 Å². The van der Waals surface area contributed by atoms with Crippen molar-refractivity contribution in [2.24, 2.45) is 0 Å². The topological polar surface area (TPSA) is 66.8 Å². The molecule has 0 saturated carbocycles. The van der Waals surface area contributed by atoms with Crippen molar-refractivity contribution in [3.63, 3.8) is 0 Å². The number of halogens is 1. The van der Waals surface area contributed by atoms with E-state index in [1.165, 1.54) is 38.5 Å². The van der Waals surface area contributed by atoms with Crippen molar-refractivity contribution in [2.45, 2.75) is 84.2 Å². The largest absolute Gasteiger partial charge is 0.397 e. The zero-order chi connectivity index (χ0) is 26.7. The zero-order valence-corrected chi connectivity index (χ0v) is 24.7. The first-order valence-corrected chi connectivity index (χ1v) is 16.0. The van der Waals surface area contributed by atoms with Crippen LogP contribution in [-0.2, 0) is 14.6 Å². The van der Waals surface area contributed by atoms with Gasteiger partial charge in [0.25, 0.3) is 0 Å². The molecule has 0 heterocycles. The minimum Gasteiger partial charge on any atom is -0.300 e. The summed E-state index contributed by atoms with van der Waals surface area (Å²) in [5.41, 5.74) is 0.779. The lowest BCUT2D eigenvalue weighted by Crippen LogP contribution is -2.32. The minimum absolute atomic E-state index is 0.408. The average Bonchev–Trinajstić information content (AvgIpc) is 2.86. The molecule has 3 aromatic carbocycles. The van der Waals surface area contributed by atoms with Crippen molar-refractivity contribution in [3.05, 3.63) is 58.6 Å². The van der Waals surface area contributed by atoms with Gasteiger partial charge in [0.1, 0.15) is 6.10 Å². The Morgan fingerprint density at radius 2 is 1.43 bits per heavy atom. The molecule has 1 atom stereocenters. The Balaban J connectivity index is 1.94. The fourth-order valence-corrected chi connectivity index (χ4v) is 5.92. The second-order valence-corrected chi connectivity index (χ2v) is 12.0. The Bertz CT molecular complexity index is 1220. The second kappa shape index (κ2) is 15.2.